The molecule has 1 aromatic rings. The van der Waals surface area contributed by atoms with E-state index in [-0.39, 0.29) is 0 Å². The molecule has 0 saturated carbocycles. The molecular formula is C12H17Cl2NO. The largest absolute Gasteiger partial charge is 0.497 e. The molecule has 0 amide bonds. The van der Waals surface area contributed by atoms with Gasteiger partial charge in [-0.2, -0.15) is 0 Å². The Balaban J connectivity index is 2.59. The van der Waals surface area contributed by atoms with E-state index in [9.17, 15) is 0 Å². The van der Waals surface area contributed by atoms with E-state index in [0.29, 0.717) is 5.88 Å². The average molecular weight is 262 g/mol. The van der Waals surface area contributed by atoms with E-state index in [1.54, 1.807) is 7.11 Å². The number of nitrogens with zero attached hydrogens (tertiary/aromatic N) is 1. The number of halogens is 2. The van der Waals surface area contributed by atoms with Gasteiger partial charge in [-0.05, 0) is 37.7 Å². The van der Waals surface area contributed by atoms with Crippen LogP contribution in [0.4, 0.5) is 0 Å². The zero-order valence-electron chi connectivity index (χ0n) is 9.67. The highest BCUT2D eigenvalue weighted by atomic mass is 35.5. The molecule has 0 heterocycles. The van der Waals surface area contributed by atoms with Crippen LogP contribution in [0, 0.1) is 0 Å². The Morgan fingerprint density at radius 2 is 2.12 bits per heavy atom. The van der Waals surface area contributed by atoms with Gasteiger partial charge < -0.3 is 9.64 Å². The van der Waals surface area contributed by atoms with Crippen LogP contribution in [0.5, 0.6) is 5.75 Å². The second-order valence-electron chi connectivity index (χ2n) is 3.74. The Hall–Kier alpha value is -0.440. The lowest BCUT2D eigenvalue weighted by molar-refractivity contribution is 0.328. The van der Waals surface area contributed by atoms with Crippen molar-refractivity contribution in [3.8, 4) is 5.75 Å². The van der Waals surface area contributed by atoms with Gasteiger partial charge in [-0.3, -0.25) is 0 Å². The molecule has 2 nitrogen and oxygen atoms in total. The zero-order valence-corrected chi connectivity index (χ0v) is 11.2. The lowest BCUT2D eigenvalue weighted by Crippen LogP contribution is -2.19. The van der Waals surface area contributed by atoms with Crippen molar-refractivity contribution in [2.75, 3.05) is 26.6 Å². The van der Waals surface area contributed by atoms with Crippen LogP contribution in [-0.2, 0) is 6.54 Å². The molecule has 0 aliphatic rings. The first kappa shape index (κ1) is 13.6. The minimum atomic E-state index is 0.695. The molecule has 4 heteroatoms. The molecule has 0 aliphatic heterocycles. The van der Waals surface area contributed by atoms with Crippen LogP contribution >= 0.6 is 23.2 Å². The lowest BCUT2D eigenvalue weighted by atomic mass is 10.2. The molecule has 0 radical (unpaired) electrons. The summed E-state index contributed by atoms with van der Waals surface area (Å²) in [5.41, 5.74) is 1.11. The van der Waals surface area contributed by atoms with Crippen molar-refractivity contribution in [1.82, 2.24) is 4.90 Å². The van der Waals surface area contributed by atoms with Gasteiger partial charge in [0.2, 0.25) is 0 Å². The molecular weight excluding hydrogens is 245 g/mol. The van der Waals surface area contributed by atoms with Crippen LogP contribution in [0.15, 0.2) is 18.2 Å². The summed E-state index contributed by atoms with van der Waals surface area (Å²) in [5, 5.41) is 0.747. The van der Waals surface area contributed by atoms with Crippen molar-refractivity contribution in [1.29, 1.82) is 0 Å². The van der Waals surface area contributed by atoms with Crippen molar-refractivity contribution in [2.45, 2.75) is 13.0 Å². The van der Waals surface area contributed by atoms with Crippen LogP contribution in [0.3, 0.4) is 0 Å². The maximum Gasteiger partial charge on any atom is 0.120 e. The fourth-order valence-corrected chi connectivity index (χ4v) is 1.83. The summed E-state index contributed by atoms with van der Waals surface area (Å²) in [5.74, 6) is 1.48. The summed E-state index contributed by atoms with van der Waals surface area (Å²) in [6.45, 7) is 1.81. The molecule has 1 aromatic carbocycles. The second-order valence-corrected chi connectivity index (χ2v) is 4.52. The van der Waals surface area contributed by atoms with Crippen LogP contribution < -0.4 is 4.74 Å². The quantitative estimate of drug-likeness (QED) is 0.728. The van der Waals surface area contributed by atoms with Crippen molar-refractivity contribution >= 4 is 23.2 Å². The third kappa shape index (κ3) is 4.20. The van der Waals surface area contributed by atoms with Gasteiger partial charge in [0.15, 0.2) is 0 Å². The SMILES string of the molecule is COc1ccc(CN(C)CCCCl)c(Cl)c1. The first-order chi connectivity index (χ1) is 7.67. The van der Waals surface area contributed by atoms with E-state index >= 15 is 0 Å². The smallest absolute Gasteiger partial charge is 0.120 e. The van der Waals surface area contributed by atoms with Gasteiger partial charge in [0.25, 0.3) is 0 Å². The van der Waals surface area contributed by atoms with E-state index in [1.807, 2.05) is 18.2 Å². The highest BCUT2D eigenvalue weighted by Gasteiger charge is 2.05. The van der Waals surface area contributed by atoms with E-state index < -0.39 is 0 Å². The third-order valence-electron chi connectivity index (χ3n) is 2.37. The van der Waals surface area contributed by atoms with Gasteiger partial charge in [-0.15, -0.1) is 11.6 Å². The monoisotopic (exact) mass is 261 g/mol. The molecule has 90 valence electrons. The number of alkyl halides is 1. The standard InChI is InChI=1S/C12H17Cl2NO/c1-15(7-3-6-13)9-10-4-5-11(16-2)8-12(10)14/h4-5,8H,3,6-7,9H2,1-2H3. The number of benzene rings is 1. The molecule has 0 bridgehead atoms. The zero-order chi connectivity index (χ0) is 12.0. The molecule has 0 spiro atoms. The molecule has 1 rings (SSSR count). The predicted octanol–water partition coefficient (Wildman–Crippen LogP) is 3.41. The van der Waals surface area contributed by atoms with Gasteiger partial charge >= 0.3 is 0 Å². The molecule has 0 N–H and O–H groups in total. The molecule has 0 aliphatic carbocycles. The molecule has 16 heavy (non-hydrogen) atoms. The Bertz CT molecular complexity index is 331. The minimum absolute atomic E-state index is 0.695. The Kier molecular flexibility index (Phi) is 5.96. The molecule has 0 aromatic heterocycles. The van der Waals surface area contributed by atoms with Crippen LogP contribution in [0.2, 0.25) is 5.02 Å². The summed E-state index contributed by atoms with van der Waals surface area (Å²) in [7, 11) is 3.70. The maximum absolute atomic E-state index is 6.15. The van der Waals surface area contributed by atoms with Crippen LogP contribution in [-0.4, -0.2) is 31.5 Å². The molecule has 0 fully saturated rings. The van der Waals surface area contributed by atoms with Gasteiger partial charge in [0, 0.05) is 17.4 Å². The maximum atomic E-state index is 6.15. The van der Waals surface area contributed by atoms with Gasteiger partial charge in [-0.1, -0.05) is 17.7 Å². The number of ether oxygens (including phenoxy) is 1. The summed E-state index contributed by atoms with van der Waals surface area (Å²) in [6, 6.07) is 5.77. The Morgan fingerprint density at radius 1 is 1.38 bits per heavy atom. The molecule has 0 atom stereocenters. The normalized spacial score (nSPS) is 10.8. The number of hydrogen-bond donors (Lipinski definition) is 0. The molecule has 0 saturated heterocycles. The summed E-state index contributed by atoms with van der Waals surface area (Å²) >= 11 is 11.8. The van der Waals surface area contributed by atoms with Crippen LogP contribution in [0.25, 0.3) is 0 Å². The Labute approximate surface area is 107 Å². The Morgan fingerprint density at radius 3 is 2.69 bits per heavy atom. The fourth-order valence-electron chi connectivity index (χ4n) is 1.48. The van der Waals surface area contributed by atoms with Gasteiger partial charge in [0.05, 0.1) is 7.11 Å². The van der Waals surface area contributed by atoms with E-state index in [4.69, 9.17) is 27.9 Å². The van der Waals surface area contributed by atoms with E-state index in [1.165, 1.54) is 0 Å². The topological polar surface area (TPSA) is 12.5 Å². The van der Waals surface area contributed by atoms with Gasteiger partial charge in [0.1, 0.15) is 5.75 Å². The first-order valence-electron chi connectivity index (χ1n) is 5.24. The number of rotatable bonds is 6. The third-order valence-corrected chi connectivity index (χ3v) is 2.99. The van der Waals surface area contributed by atoms with Crippen molar-refractivity contribution in [3.05, 3.63) is 28.8 Å². The minimum Gasteiger partial charge on any atom is -0.497 e. The number of methoxy groups -OCH3 is 1. The van der Waals surface area contributed by atoms with E-state index in [2.05, 4.69) is 11.9 Å². The van der Waals surface area contributed by atoms with Crippen molar-refractivity contribution in [2.24, 2.45) is 0 Å². The fraction of sp³-hybridized carbons (Fsp3) is 0.500. The summed E-state index contributed by atoms with van der Waals surface area (Å²) in [6.07, 6.45) is 0.992. The van der Waals surface area contributed by atoms with Crippen molar-refractivity contribution in [3.63, 3.8) is 0 Å². The molecule has 0 unspecified atom stereocenters. The highest BCUT2D eigenvalue weighted by molar-refractivity contribution is 6.31. The lowest BCUT2D eigenvalue weighted by Gasteiger charge is -2.17. The summed E-state index contributed by atoms with van der Waals surface area (Å²) < 4.78 is 5.10. The first-order valence-corrected chi connectivity index (χ1v) is 6.15. The van der Waals surface area contributed by atoms with E-state index in [0.717, 1.165) is 35.8 Å². The highest BCUT2D eigenvalue weighted by Crippen LogP contribution is 2.23. The average Bonchev–Trinajstić information content (AvgIpc) is 2.29. The second kappa shape index (κ2) is 7.00. The number of hydrogen-bond acceptors (Lipinski definition) is 2. The predicted molar refractivity (Wildman–Crippen MR) is 69.7 cm³/mol. The van der Waals surface area contributed by atoms with Crippen LogP contribution in [0.1, 0.15) is 12.0 Å². The van der Waals surface area contributed by atoms with Crippen molar-refractivity contribution < 1.29 is 4.74 Å². The van der Waals surface area contributed by atoms with Gasteiger partial charge in [-0.25, -0.2) is 0 Å². The summed E-state index contributed by atoms with van der Waals surface area (Å²) in [4.78, 5) is 2.20.